The van der Waals surface area contributed by atoms with Crippen LogP contribution in [0.4, 0.5) is 13.2 Å². The van der Waals surface area contributed by atoms with E-state index in [0.29, 0.717) is 10.2 Å². The van der Waals surface area contributed by atoms with E-state index in [1.807, 2.05) is 0 Å². The molecule has 0 bridgehead atoms. The third-order valence-corrected chi connectivity index (χ3v) is 4.09. The van der Waals surface area contributed by atoms with Crippen molar-refractivity contribution < 1.29 is 23.1 Å². The molecule has 8 heteroatoms. The standard InChI is InChI=1S/C12H12BrF3N2O2/c13-8-1-2-9(18-5-8)3-7-4-17-6-11(7,10(19)20)12(14,15)16/h1-2,5,7,17H,3-4,6H2,(H,19,20)/t7-,11-/m1/s1. The molecule has 0 aromatic carbocycles. The molecule has 0 radical (unpaired) electrons. The first-order valence-electron chi connectivity index (χ1n) is 5.88. The number of aliphatic carboxylic acids is 1. The highest BCUT2D eigenvalue weighted by molar-refractivity contribution is 9.10. The molecule has 0 amide bonds. The highest BCUT2D eigenvalue weighted by Crippen LogP contribution is 2.47. The Morgan fingerprint density at radius 3 is 2.75 bits per heavy atom. The Labute approximate surface area is 121 Å². The average Bonchev–Trinajstić information content (AvgIpc) is 2.76. The number of aromatic nitrogens is 1. The maximum Gasteiger partial charge on any atom is 0.406 e. The molecule has 1 aliphatic heterocycles. The fourth-order valence-corrected chi connectivity index (χ4v) is 2.73. The van der Waals surface area contributed by atoms with Crippen LogP contribution in [0.3, 0.4) is 0 Å². The van der Waals surface area contributed by atoms with Crippen LogP contribution >= 0.6 is 15.9 Å². The molecule has 2 N–H and O–H groups in total. The molecule has 110 valence electrons. The van der Waals surface area contributed by atoms with Gasteiger partial charge in [-0.15, -0.1) is 0 Å². The summed E-state index contributed by atoms with van der Waals surface area (Å²) in [6.45, 7) is -0.601. The van der Waals surface area contributed by atoms with Gasteiger partial charge in [-0.2, -0.15) is 13.2 Å². The van der Waals surface area contributed by atoms with Crippen LogP contribution in [-0.2, 0) is 11.2 Å². The van der Waals surface area contributed by atoms with Gasteiger partial charge in [0.15, 0.2) is 5.41 Å². The van der Waals surface area contributed by atoms with Crippen molar-refractivity contribution in [2.45, 2.75) is 12.6 Å². The van der Waals surface area contributed by atoms with Crippen molar-refractivity contribution in [2.75, 3.05) is 13.1 Å². The molecule has 0 unspecified atom stereocenters. The Bertz CT molecular complexity index is 506. The Hall–Kier alpha value is -1.15. The Morgan fingerprint density at radius 1 is 1.55 bits per heavy atom. The van der Waals surface area contributed by atoms with Crippen LogP contribution in [0.2, 0.25) is 0 Å². The van der Waals surface area contributed by atoms with Crippen LogP contribution in [0, 0.1) is 11.3 Å². The number of hydrogen-bond donors (Lipinski definition) is 2. The van der Waals surface area contributed by atoms with Crippen molar-refractivity contribution in [3.05, 3.63) is 28.5 Å². The second-order valence-corrected chi connectivity index (χ2v) is 5.69. The second kappa shape index (κ2) is 5.33. The normalized spacial score (nSPS) is 26.7. The summed E-state index contributed by atoms with van der Waals surface area (Å²) in [6.07, 6.45) is -3.36. The van der Waals surface area contributed by atoms with E-state index < -0.39 is 30.0 Å². The largest absolute Gasteiger partial charge is 0.481 e. The summed E-state index contributed by atoms with van der Waals surface area (Å²) in [5.41, 5.74) is -2.31. The molecular formula is C12H12BrF3N2O2. The van der Waals surface area contributed by atoms with Crippen LogP contribution in [0.1, 0.15) is 5.69 Å². The summed E-state index contributed by atoms with van der Waals surface area (Å²) in [7, 11) is 0. The fraction of sp³-hybridized carbons (Fsp3) is 0.500. The maximum absolute atomic E-state index is 13.2. The monoisotopic (exact) mass is 352 g/mol. The first kappa shape index (κ1) is 15.2. The molecule has 1 aromatic heterocycles. The zero-order valence-corrected chi connectivity index (χ0v) is 11.8. The molecule has 1 aliphatic rings. The molecule has 2 heterocycles. The van der Waals surface area contributed by atoms with Crippen LogP contribution in [0.5, 0.6) is 0 Å². The van der Waals surface area contributed by atoms with Gasteiger partial charge in [-0.05, 0) is 41.0 Å². The predicted molar refractivity (Wildman–Crippen MR) is 68.1 cm³/mol. The van der Waals surface area contributed by atoms with Gasteiger partial charge in [0.1, 0.15) is 0 Å². The number of carboxylic acids is 1. The summed E-state index contributed by atoms with van der Waals surface area (Å²) in [5.74, 6) is -2.91. The van der Waals surface area contributed by atoms with Gasteiger partial charge in [0.25, 0.3) is 0 Å². The van der Waals surface area contributed by atoms with E-state index in [1.165, 1.54) is 6.20 Å². The summed E-state index contributed by atoms with van der Waals surface area (Å²) in [6, 6.07) is 3.26. The lowest BCUT2D eigenvalue weighted by Gasteiger charge is -2.32. The first-order valence-corrected chi connectivity index (χ1v) is 6.68. The molecule has 0 aliphatic carbocycles. The lowest BCUT2D eigenvalue weighted by Crippen LogP contribution is -2.51. The third kappa shape index (κ3) is 2.54. The third-order valence-electron chi connectivity index (χ3n) is 3.62. The number of rotatable bonds is 3. The van der Waals surface area contributed by atoms with Crippen LogP contribution in [0.15, 0.2) is 22.8 Å². The summed E-state index contributed by atoms with van der Waals surface area (Å²) < 4.78 is 40.4. The molecule has 1 saturated heterocycles. The Kier molecular flexibility index (Phi) is 4.06. The van der Waals surface area contributed by atoms with E-state index in [1.54, 1.807) is 12.1 Å². The number of halogens is 4. The van der Waals surface area contributed by atoms with E-state index in [0.717, 1.165) is 0 Å². The Morgan fingerprint density at radius 2 is 2.25 bits per heavy atom. The molecule has 2 rings (SSSR count). The second-order valence-electron chi connectivity index (χ2n) is 4.77. The van der Waals surface area contributed by atoms with Crippen molar-refractivity contribution in [3.8, 4) is 0 Å². The number of alkyl halides is 3. The molecule has 4 nitrogen and oxygen atoms in total. The number of carboxylic acid groups (broad SMARTS) is 1. The zero-order chi connectivity index (χ0) is 15.0. The molecule has 0 spiro atoms. The molecule has 0 saturated carbocycles. The van der Waals surface area contributed by atoms with E-state index in [4.69, 9.17) is 5.11 Å². The minimum Gasteiger partial charge on any atom is -0.481 e. The summed E-state index contributed by atoms with van der Waals surface area (Å²) in [4.78, 5) is 15.3. The number of nitrogens with one attached hydrogen (secondary N) is 1. The van der Waals surface area contributed by atoms with Gasteiger partial charge in [0.2, 0.25) is 0 Å². The van der Waals surface area contributed by atoms with Crippen molar-refractivity contribution in [3.63, 3.8) is 0 Å². The zero-order valence-electron chi connectivity index (χ0n) is 10.2. The lowest BCUT2D eigenvalue weighted by molar-refractivity contribution is -0.236. The highest BCUT2D eigenvalue weighted by atomic mass is 79.9. The number of pyridine rings is 1. The van der Waals surface area contributed by atoms with E-state index >= 15 is 0 Å². The molecule has 1 aromatic rings. The van der Waals surface area contributed by atoms with Gasteiger partial charge in [-0.1, -0.05) is 0 Å². The van der Waals surface area contributed by atoms with Crippen LogP contribution in [-0.4, -0.2) is 35.3 Å². The average molecular weight is 353 g/mol. The van der Waals surface area contributed by atoms with E-state index in [-0.39, 0.29) is 13.0 Å². The molecular weight excluding hydrogens is 341 g/mol. The first-order chi connectivity index (χ1) is 9.27. The minimum absolute atomic E-state index is 0.00353. The summed E-state index contributed by atoms with van der Waals surface area (Å²) >= 11 is 3.19. The van der Waals surface area contributed by atoms with Crippen LogP contribution in [0.25, 0.3) is 0 Å². The van der Waals surface area contributed by atoms with Crippen molar-refractivity contribution in [1.82, 2.24) is 10.3 Å². The quantitative estimate of drug-likeness (QED) is 0.875. The minimum atomic E-state index is -4.80. The molecule has 20 heavy (non-hydrogen) atoms. The van der Waals surface area contributed by atoms with Gasteiger partial charge in [0.05, 0.1) is 0 Å². The van der Waals surface area contributed by atoms with E-state index in [2.05, 4.69) is 26.2 Å². The van der Waals surface area contributed by atoms with Crippen molar-refractivity contribution in [1.29, 1.82) is 0 Å². The lowest BCUT2D eigenvalue weighted by atomic mass is 9.75. The number of hydrogen-bond acceptors (Lipinski definition) is 3. The van der Waals surface area contributed by atoms with Gasteiger partial charge in [0, 0.05) is 28.8 Å². The smallest absolute Gasteiger partial charge is 0.406 e. The SMILES string of the molecule is O=C(O)[C@@]1(C(F)(F)F)CNC[C@H]1Cc1ccc(Br)cn1. The number of carbonyl (C=O) groups is 1. The fourth-order valence-electron chi connectivity index (χ4n) is 2.49. The number of nitrogens with zero attached hydrogens (tertiary/aromatic N) is 1. The Balaban J connectivity index is 2.30. The van der Waals surface area contributed by atoms with Crippen molar-refractivity contribution >= 4 is 21.9 Å². The molecule has 1 fully saturated rings. The maximum atomic E-state index is 13.2. The van der Waals surface area contributed by atoms with E-state index in [9.17, 15) is 18.0 Å². The van der Waals surface area contributed by atoms with Gasteiger partial charge in [-0.25, -0.2) is 0 Å². The van der Waals surface area contributed by atoms with Crippen molar-refractivity contribution in [2.24, 2.45) is 11.3 Å². The van der Waals surface area contributed by atoms with Gasteiger partial charge < -0.3 is 10.4 Å². The highest BCUT2D eigenvalue weighted by Gasteiger charge is 2.66. The predicted octanol–water partition coefficient (Wildman–Crippen LogP) is 2.24. The summed E-state index contributed by atoms with van der Waals surface area (Å²) in [5, 5.41) is 11.6. The topological polar surface area (TPSA) is 62.2 Å². The van der Waals surface area contributed by atoms with Gasteiger partial charge in [-0.3, -0.25) is 9.78 Å². The van der Waals surface area contributed by atoms with Gasteiger partial charge >= 0.3 is 12.1 Å². The molecule has 2 atom stereocenters. The van der Waals surface area contributed by atoms with Crippen LogP contribution < -0.4 is 5.32 Å².